The van der Waals surface area contributed by atoms with Crippen molar-refractivity contribution in [2.45, 2.75) is 0 Å². The van der Waals surface area contributed by atoms with Gasteiger partial charge in [-0.3, -0.25) is 15.1 Å². The lowest BCUT2D eigenvalue weighted by Crippen LogP contribution is -2.12. The number of nitrogens with zero attached hydrogens (tertiary/aromatic N) is 3. The lowest BCUT2D eigenvalue weighted by molar-refractivity contribution is 0.669. The van der Waals surface area contributed by atoms with Crippen molar-refractivity contribution in [1.29, 1.82) is 0 Å². The van der Waals surface area contributed by atoms with Crippen molar-refractivity contribution < 1.29 is 4.42 Å². The summed E-state index contributed by atoms with van der Waals surface area (Å²) in [6, 6.07) is 30.5. The number of H-pyrrole nitrogens is 2. The van der Waals surface area contributed by atoms with Gasteiger partial charge >= 0.3 is 0 Å². The second-order valence-electron chi connectivity index (χ2n) is 7.77. The van der Waals surface area contributed by atoms with Gasteiger partial charge < -0.3 is 4.42 Å². The Kier molecular flexibility index (Phi) is 3.46. The monoisotopic (exact) mass is 415 g/mol. The number of hydrogen-bond acceptors (Lipinski definition) is 4. The van der Waals surface area contributed by atoms with Crippen LogP contribution in [0.3, 0.4) is 0 Å². The van der Waals surface area contributed by atoms with Crippen molar-refractivity contribution in [3.63, 3.8) is 0 Å². The molecule has 0 radical (unpaired) electrons. The van der Waals surface area contributed by atoms with Gasteiger partial charge in [-0.1, -0.05) is 48.5 Å². The lowest BCUT2D eigenvalue weighted by Gasteiger charge is -2.22. The number of benzene rings is 4. The highest BCUT2D eigenvalue weighted by atomic mass is 16.3. The molecule has 0 aliphatic carbocycles. The van der Waals surface area contributed by atoms with E-state index < -0.39 is 0 Å². The number of para-hydroxylation sites is 3. The topological polar surface area (TPSA) is 73.7 Å². The average molecular weight is 415 g/mol. The molecule has 7 aromatic rings. The fraction of sp³-hybridized carbons (Fsp3) is 0. The number of aromatic nitrogens is 4. The average Bonchev–Trinajstić information content (AvgIpc) is 3.55. The van der Waals surface area contributed by atoms with Crippen molar-refractivity contribution in [3.05, 3.63) is 91.0 Å². The second kappa shape index (κ2) is 6.46. The van der Waals surface area contributed by atoms with Crippen LogP contribution in [0.4, 0.5) is 17.3 Å². The Morgan fingerprint density at radius 2 is 1.12 bits per heavy atom. The van der Waals surface area contributed by atoms with Gasteiger partial charge in [0.05, 0.1) is 22.1 Å². The molecule has 0 saturated carbocycles. The Hall–Kier alpha value is -4.58. The van der Waals surface area contributed by atoms with Crippen LogP contribution in [-0.4, -0.2) is 20.4 Å². The van der Waals surface area contributed by atoms with Gasteiger partial charge in [-0.15, -0.1) is 0 Å². The highest BCUT2D eigenvalue weighted by molar-refractivity contribution is 6.15. The first kappa shape index (κ1) is 17.1. The molecule has 0 amide bonds. The number of furan rings is 1. The molecule has 7 rings (SSSR count). The molecule has 32 heavy (non-hydrogen) atoms. The van der Waals surface area contributed by atoms with E-state index >= 15 is 0 Å². The van der Waals surface area contributed by atoms with E-state index in [-0.39, 0.29) is 0 Å². The summed E-state index contributed by atoms with van der Waals surface area (Å²) in [5.41, 5.74) is 4.58. The highest BCUT2D eigenvalue weighted by Crippen LogP contribution is 2.44. The van der Waals surface area contributed by atoms with E-state index in [2.05, 4.69) is 39.4 Å². The molecule has 0 aliphatic rings. The van der Waals surface area contributed by atoms with Gasteiger partial charge in [0.1, 0.15) is 11.2 Å². The van der Waals surface area contributed by atoms with Crippen LogP contribution in [-0.2, 0) is 0 Å². The Morgan fingerprint density at radius 3 is 1.81 bits per heavy atom. The lowest BCUT2D eigenvalue weighted by atomic mass is 10.1. The zero-order valence-corrected chi connectivity index (χ0v) is 16.9. The van der Waals surface area contributed by atoms with E-state index in [9.17, 15) is 0 Å². The smallest absolute Gasteiger partial charge is 0.168 e. The van der Waals surface area contributed by atoms with Crippen molar-refractivity contribution in [1.82, 2.24) is 20.4 Å². The predicted molar refractivity (Wildman–Crippen MR) is 128 cm³/mol. The molecule has 152 valence electrons. The number of rotatable bonds is 3. The van der Waals surface area contributed by atoms with Crippen LogP contribution in [0.15, 0.2) is 95.4 Å². The normalized spacial score (nSPS) is 11.8. The van der Waals surface area contributed by atoms with Crippen LogP contribution in [0, 0.1) is 0 Å². The first-order chi connectivity index (χ1) is 15.9. The summed E-state index contributed by atoms with van der Waals surface area (Å²) in [6.07, 6.45) is 0. The molecule has 0 unspecified atom stereocenters. The van der Waals surface area contributed by atoms with Crippen molar-refractivity contribution in [3.8, 4) is 0 Å². The predicted octanol–water partition coefficient (Wildman–Crippen LogP) is 6.81. The molecule has 6 heteroatoms. The maximum Gasteiger partial charge on any atom is 0.168 e. The molecular formula is C26H17N5O. The third-order valence-electron chi connectivity index (χ3n) is 5.95. The van der Waals surface area contributed by atoms with E-state index in [4.69, 9.17) is 14.6 Å². The summed E-state index contributed by atoms with van der Waals surface area (Å²) in [4.78, 5) is 2.11. The first-order valence-electron chi connectivity index (χ1n) is 10.4. The molecule has 3 heterocycles. The minimum absolute atomic E-state index is 0.788. The fourth-order valence-electron chi connectivity index (χ4n) is 4.51. The fourth-order valence-corrected chi connectivity index (χ4v) is 4.51. The van der Waals surface area contributed by atoms with Crippen LogP contribution in [0.1, 0.15) is 0 Å². The summed E-state index contributed by atoms with van der Waals surface area (Å²) < 4.78 is 6.17. The SMILES string of the molecule is c1ccc2c(N(c3n[nH]c4ccccc34)c3cccc4oc5ccccc5c34)n[nH]c2c1. The molecule has 0 bridgehead atoms. The van der Waals surface area contributed by atoms with Gasteiger partial charge in [-0.25, -0.2) is 0 Å². The molecule has 3 aromatic heterocycles. The third kappa shape index (κ3) is 2.34. The molecule has 6 nitrogen and oxygen atoms in total. The Labute approximate surface area is 182 Å². The number of fused-ring (bicyclic) bond motifs is 5. The Balaban J connectivity index is 1.62. The summed E-state index contributed by atoms with van der Waals surface area (Å²) in [6.45, 7) is 0. The van der Waals surface area contributed by atoms with Crippen LogP contribution in [0.2, 0.25) is 0 Å². The van der Waals surface area contributed by atoms with E-state index in [0.717, 1.165) is 61.1 Å². The molecule has 0 fully saturated rings. The van der Waals surface area contributed by atoms with Crippen molar-refractivity contribution in [2.75, 3.05) is 4.90 Å². The zero-order valence-electron chi connectivity index (χ0n) is 16.9. The Morgan fingerprint density at radius 1 is 0.562 bits per heavy atom. The van der Waals surface area contributed by atoms with Gasteiger partial charge in [0.2, 0.25) is 0 Å². The van der Waals surface area contributed by atoms with Gasteiger partial charge in [0, 0.05) is 16.2 Å². The number of aromatic amines is 2. The summed E-state index contributed by atoms with van der Waals surface area (Å²) in [7, 11) is 0. The van der Waals surface area contributed by atoms with E-state index in [1.807, 2.05) is 66.7 Å². The number of anilines is 3. The molecule has 0 atom stereocenters. The molecule has 2 N–H and O–H groups in total. The molecule has 0 spiro atoms. The standard InChI is InChI=1S/C26H17N5O/c1-4-11-19-16(8-1)25(29-27-19)31(26-17-9-2-5-12-20(17)28-30-26)21-13-7-15-23-24(21)18-10-3-6-14-22(18)32-23/h1-15H,(H,27,29)(H,28,30). The van der Waals surface area contributed by atoms with Crippen LogP contribution in [0.5, 0.6) is 0 Å². The maximum atomic E-state index is 6.17. The van der Waals surface area contributed by atoms with Crippen molar-refractivity contribution in [2.24, 2.45) is 0 Å². The van der Waals surface area contributed by atoms with Gasteiger partial charge in [0.25, 0.3) is 0 Å². The molecule has 0 saturated heterocycles. The molecule has 4 aromatic carbocycles. The zero-order chi connectivity index (χ0) is 21.1. The largest absolute Gasteiger partial charge is 0.456 e. The number of hydrogen-bond donors (Lipinski definition) is 2. The second-order valence-corrected chi connectivity index (χ2v) is 7.77. The van der Waals surface area contributed by atoms with E-state index in [0.29, 0.717) is 0 Å². The minimum atomic E-state index is 0.788. The van der Waals surface area contributed by atoms with Gasteiger partial charge in [-0.05, 0) is 42.5 Å². The maximum absolute atomic E-state index is 6.17. The quantitative estimate of drug-likeness (QED) is 0.332. The van der Waals surface area contributed by atoms with E-state index in [1.54, 1.807) is 0 Å². The van der Waals surface area contributed by atoms with Gasteiger partial charge in [0.15, 0.2) is 11.6 Å². The van der Waals surface area contributed by atoms with Crippen molar-refractivity contribution >= 4 is 61.1 Å². The van der Waals surface area contributed by atoms with Crippen LogP contribution < -0.4 is 4.90 Å². The summed E-state index contributed by atoms with van der Waals surface area (Å²) in [5.74, 6) is 1.58. The molecule has 0 aliphatic heterocycles. The number of nitrogens with one attached hydrogen (secondary N) is 2. The Bertz CT molecular complexity index is 1680. The summed E-state index contributed by atoms with van der Waals surface area (Å²) >= 11 is 0. The highest BCUT2D eigenvalue weighted by Gasteiger charge is 2.25. The molecular weight excluding hydrogens is 398 g/mol. The first-order valence-corrected chi connectivity index (χ1v) is 10.4. The van der Waals surface area contributed by atoms with Crippen LogP contribution in [0.25, 0.3) is 43.7 Å². The minimum Gasteiger partial charge on any atom is -0.456 e. The van der Waals surface area contributed by atoms with E-state index in [1.165, 1.54) is 0 Å². The van der Waals surface area contributed by atoms with Gasteiger partial charge in [-0.2, -0.15) is 10.2 Å². The third-order valence-corrected chi connectivity index (χ3v) is 5.95. The van der Waals surface area contributed by atoms with Crippen LogP contribution >= 0.6 is 0 Å². The summed E-state index contributed by atoms with van der Waals surface area (Å²) in [5, 5.41) is 19.9.